The van der Waals surface area contributed by atoms with Gasteiger partial charge in [-0.2, -0.15) is 0 Å². The minimum atomic E-state index is -0.0268. The van der Waals surface area contributed by atoms with Crippen LogP contribution in [0.1, 0.15) is 6.92 Å². The van der Waals surface area contributed by atoms with E-state index in [9.17, 15) is 9.59 Å². The quantitative estimate of drug-likeness (QED) is 0.732. The zero-order valence-electron chi connectivity index (χ0n) is 8.15. The lowest BCUT2D eigenvalue weighted by Gasteiger charge is -2.14. The van der Waals surface area contributed by atoms with Crippen molar-refractivity contribution in [1.29, 1.82) is 0 Å². The van der Waals surface area contributed by atoms with Gasteiger partial charge < -0.3 is 10.2 Å². The number of nitrogens with zero attached hydrogens (tertiary/aromatic N) is 1. The largest absolute Gasteiger partial charge is 0.329 e. The van der Waals surface area contributed by atoms with Crippen molar-refractivity contribution in [3.63, 3.8) is 0 Å². The van der Waals surface area contributed by atoms with Crippen LogP contribution in [0.25, 0.3) is 0 Å². The summed E-state index contributed by atoms with van der Waals surface area (Å²) in [5, 5.41) is 2.52. The molecule has 74 valence electrons. The van der Waals surface area contributed by atoms with Gasteiger partial charge in [0.2, 0.25) is 12.3 Å². The molecule has 0 saturated carbocycles. The van der Waals surface area contributed by atoms with Gasteiger partial charge >= 0.3 is 0 Å². The van der Waals surface area contributed by atoms with Crippen molar-refractivity contribution < 1.29 is 9.59 Å². The minimum Gasteiger partial charge on any atom is -0.329 e. The van der Waals surface area contributed by atoms with E-state index in [0.717, 1.165) is 5.69 Å². The Kier molecular flexibility index (Phi) is 3.23. The van der Waals surface area contributed by atoms with Crippen molar-refractivity contribution in [2.24, 2.45) is 0 Å². The van der Waals surface area contributed by atoms with E-state index in [-0.39, 0.29) is 5.91 Å². The van der Waals surface area contributed by atoms with Crippen LogP contribution in [0.2, 0.25) is 0 Å². The number of rotatable bonds is 3. The van der Waals surface area contributed by atoms with E-state index in [1.54, 1.807) is 31.3 Å². The highest BCUT2D eigenvalue weighted by atomic mass is 16.2. The van der Waals surface area contributed by atoms with Gasteiger partial charge in [-0.25, -0.2) is 0 Å². The second kappa shape index (κ2) is 4.41. The third-order valence-electron chi connectivity index (χ3n) is 1.95. The maximum Gasteiger partial charge on any atom is 0.223 e. The number of amides is 2. The van der Waals surface area contributed by atoms with Crippen LogP contribution < -0.4 is 10.2 Å². The number of carbonyl (C=O) groups excluding carboxylic acids is 2. The maximum absolute atomic E-state index is 11.0. The molecule has 14 heavy (non-hydrogen) atoms. The fraction of sp³-hybridized carbons (Fsp3) is 0.200. The maximum atomic E-state index is 11.0. The normalized spacial score (nSPS) is 9.29. The highest BCUT2D eigenvalue weighted by molar-refractivity contribution is 5.91. The van der Waals surface area contributed by atoms with Gasteiger partial charge in [-0.05, 0) is 24.3 Å². The van der Waals surface area contributed by atoms with Crippen molar-refractivity contribution in [2.75, 3.05) is 17.3 Å². The Morgan fingerprint density at radius 2 is 1.93 bits per heavy atom. The van der Waals surface area contributed by atoms with Gasteiger partial charge in [-0.1, -0.05) is 0 Å². The van der Waals surface area contributed by atoms with Crippen LogP contribution in [0, 0.1) is 0 Å². The van der Waals surface area contributed by atoms with Crippen LogP contribution in [0.15, 0.2) is 24.3 Å². The smallest absolute Gasteiger partial charge is 0.223 e. The van der Waals surface area contributed by atoms with Gasteiger partial charge in [0.1, 0.15) is 0 Å². The molecule has 2 amide bonds. The lowest BCUT2D eigenvalue weighted by Crippen LogP contribution is -2.22. The SMILES string of the molecule is CC(=O)N(C)c1ccc(NC=O)cc1. The topological polar surface area (TPSA) is 49.4 Å². The van der Waals surface area contributed by atoms with Crippen LogP contribution in [0.5, 0.6) is 0 Å². The second-order valence-corrected chi connectivity index (χ2v) is 2.89. The highest BCUT2D eigenvalue weighted by Crippen LogP contribution is 2.16. The summed E-state index contributed by atoms with van der Waals surface area (Å²) in [5.41, 5.74) is 1.51. The molecule has 0 fully saturated rings. The van der Waals surface area contributed by atoms with Gasteiger partial charge in [0.25, 0.3) is 0 Å². The monoisotopic (exact) mass is 192 g/mol. The molecule has 0 aliphatic rings. The summed E-state index contributed by atoms with van der Waals surface area (Å²) in [4.78, 5) is 22.7. The van der Waals surface area contributed by atoms with Crippen molar-refractivity contribution in [1.82, 2.24) is 0 Å². The Morgan fingerprint density at radius 3 is 2.36 bits per heavy atom. The van der Waals surface area contributed by atoms with Gasteiger partial charge in [-0.15, -0.1) is 0 Å². The molecule has 0 heterocycles. The third kappa shape index (κ3) is 2.32. The Hall–Kier alpha value is -1.84. The molecule has 4 heteroatoms. The molecule has 1 N–H and O–H groups in total. The highest BCUT2D eigenvalue weighted by Gasteiger charge is 2.04. The van der Waals surface area contributed by atoms with E-state index < -0.39 is 0 Å². The summed E-state index contributed by atoms with van der Waals surface area (Å²) in [6.07, 6.45) is 0.615. The van der Waals surface area contributed by atoms with Gasteiger partial charge in [-0.3, -0.25) is 9.59 Å². The molecule has 0 aliphatic carbocycles. The van der Waals surface area contributed by atoms with Crippen molar-refractivity contribution in [3.05, 3.63) is 24.3 Å². The first-order valence-corrected chi connectivity index (χ1v) is 4.19. The summed E-state index contributed by atoms with van der Waals surface area (Å²) >= 11 is 0. The summed E-state index contributed by atoms with van der Waals surface area (Å²) in [5.74, 6) is -0.0268. The summed E-state index contributed by atoms with van der Waals surface area (Å²) in [6, 6.07) is 7.02. The number of anilines is 2. The lowest BCUT2D eigenvalue weighted by atomic mass is 10.2. The third-order valence-corrected chi connectivity index (χ3v) is 1.95. The molecule has 0 aromatic heterocycles. The van der Waals surface area contributed by atoms with E-state index in [2.05, 4.69) is 5.32 Å². The minimum absolute atomic E-state index is 0.0268. The number of carbonyl (C=O) groups is 2. The fourth-order valence-corrected chi connectivity index (χ4v) is 1.03. The van der Waals surface area contributed by atoms with E-state index in [1.807, 2.05) is 0 Å². The molecule has 0 aliphatic heterocycles. The molecule has 0 radical (unpaired) electrons. The Labute approximate surface area is 82.5 Å². The van der Waals surface area contributed by atoms with Crippen LogP contribution in [0.3, 0.4) is 0 Å². The van der Waals surface area contributed by atoms with E-state index >= 15 is 0 Å². The fourth-order valence-electron chi connectivity index (χ4n) is 1.03. The molecule has 0 unspecified atom stereocenters. The van der Waals surface area contributed by atoms with Gasteiger partial charge in [0.15, 0.2) is 0 Å². The van der Waals surface area contributed by atoms with Crippen LogP contribution in [-0.4, -0.2) is 19.4 Å². The summed E-state index contributed by atoms with van der Waals surface area (Å²) < 4.78 is 0. The molecule has 0 atom stereocenters. The van der Waals surface area contributed by atoms with Gasteiger partial charge in [0.05, 0.1) is 0 Å². The summed E-state index contributed by atoms with van der Waals surface area (Å²) in [6.45, 7) is 1.50. The van der Waals surface area contributed by atoms with Crippen molar-refractivity contribution >= 4 is 23.7 Å². The lowest BCUT2D eigenvalue weighted by molar-refractivity contribution is -0.116. The van der Waals surface area contributed by atoms with E-state index in [4.69, 9.17) is 0 Å². The molecule has 1 rings (SSSR count). The Morgan fingerprint density at radius 1 is 1.36 bits per heavy atom. The molecule has 1 aromatic rings. The predicted octanol–water partition coefficient (Wildman–Crippen LogP) is 1.24. The first-order chi connectivity index (χ1) is 6.65. The number of hydrogen-bond donors (Lipinski definition) is 1. The first-order valence-electron chi connectivity index (χ1n) is 4.19. The van der Waals surface area contributed by atoms with Gasteiger partial charge in [0, 0.05) is 25.3 Å². The van der Waals surface area contributed by atoms with E-state index in [1.165, 1.54) is 11.8 Å². The predicted molar refractivity (Wildman–Crippen MR) is 55.2 cm³/mol. The average Bonchev–Trinajstić information content (AvgIpc) is 2.18. The molecular weight excluding hydrogens is 180 g/mol. The average molecular weight is 192 g/mol. The first kappa shape index (κ1) is 10.2. The molecule has 4 nitrogen and oxygen atoms in total. The number of nitrogens with one attached hydrogen (secondary N) is 1. The molecule has 0 bridgehead atoms. The Bertz CT molecular complexity index is 332. The second-order valence-electron chi connectivity index (χ2n) is 2.89. The van der Waals surface area contributed by atoms with E-state index in [0.29, 0.717) is 12.1 Å². The van der Waals surface area contributed by atoms with Crippen LogP contribution in [0.4, 0.5) is 11.4 Å². The Balaban J connectivity index is 2.82. The summed E-state index contributed by atoms with van der Waals surface area (Å²) in [7, 11) is 1.70. The van der Waals surface area contributed by atoms with Crippen LogP contribution in [-0.2, 0) is 9.59 Å². The standard InChI is InChI=1S/C10H12N2O2/c1-8(14)12(2)10-5-3-9(4-6-10)11-7-13/h3-7H,1-2H3,(H,11,13). The van der Waals surface area contributed by atoms with Crippen molar-refractivity contribution in [3.8, 4) is 0 Å². The molecule has 0 spiro atoms. The van der Waals surface area contributed by atoms with Crippen LogP contribution >= 0.6 is 0 Å². The molecular formula is C10H12N2O2. The number of hydrogen-bond acceptors (Lipinski definition) is 2. The number of benzene rings is 1. The zero-order chi connectivity index (χ0) is 10.6. The van der Waals surface area contributed by atoms with Crippen molar-refractivity contribution in [2.45, 2.75) is 6.92 Å². The molecule has 1 aromatic carbocycles. The molecule has 0 saturated heterocycles. The zero-order valence-corrected chi connectivity index (χ0v) is 8.15.